The Labute approximate surface area is 152 Å². The summed E-state index contributed by atoms with van der Waals surface area (Å²) in [5.74, 6) is 0.222. The summed E-state index contributed by atoms with van der Waals surface area (Å²) in [7, 11) is -4.13. The SMILES string of the molecule is CC(C)(C)c1cc(CP(=O)(O)O)cc(C(C)(C)C)c1O.CCOCC. The lowest BCUT2D eigenvalue weighted by atomic mass is 9.78. The van der Waals surface area contributed by atoms with Gasteiger partial charge in [-0.2, -0.15) is 0 Å². The molecule has 25 heavy (non-hydrogen) atoms. The maximum atomic E-state index is 11.2. The predicted octanol–water partition coefficient (Wildman–Crippen LogP) is 4.71. The van der Waals surface area contributed by atoms with Crippen molar-refractivity contribution in [1.82, 2.24) is 0 Å². The van der Waals surface area contributed by atoms with Gasteiger partial charge in [-0.15, -0.1) is 0 Å². The first-order valence-corrected chi connectivity index (χ1v) is 10.4. The van der Waals surface area contributed by atoms with Gasteiger partial charge in [-0.05, 0) is 41.4 Å². The summed E-state index contributed by atoms with van der Waals surface area (Å²) in [5, 5.41) is 10.5. The van der Waals surface area contributed by atoms with Crippen molar-refractivity contribution in [3.63, 3.8) is 0 Å². The van der Waals surface area contributed by atoms with E-state index in [1.807, 2.05) is 55.4 Å². The lowest BCUT2D eigenvalue weighted by Gasteiger charge is -2.28. The molecule has 0 aromatic heterocycles. The van der Waals surface area contributed by atoms with Gasteiger partial charge in [0, 0.05) is 13.2 Å². The van der Waals surface area contributed by atoms with Crippen molar-refractivity contribution in [3.8, 4) is 5.75 Å². The van der Waals surface area contributed by atoms with Gasteiger partial charge in [0.05, 0.1) is 6.16 Å². The summed E-state index contributed by atoms with van der Waals surface area (Å²) < 4.78 is 16.1. The highest BCUT2D eigenvalue weighted by molar-refractivity contribution is 7.50. The van der Waals surface area contributed by atoms with Gasteiger partial charge >= 0.3 is 7.60 Å². The quantitative estimate of drug-likeness (QED) is 0.665. The van der Waals surface area contributed by atoms with E-state index in [1.165, 1.54) is 0 Å². The molecular formula is C19H35O5P. The van der Waals surface area contributed by atoms with E-state index in [4.69, 9.17) is 4.74 Å². The highest BCUT2D eigenvalue weighted by Crippen LogP contribution is 2.44. The molecule has 0 saturated heterocycles. The van der Waals surface area contributed by atoms with Crippen LogP contribution in [0.5, 0.6) is 5.75 Å². The molecule has 1 aromatic carbocycles. The van der Waals surface area contributed by atoms with E-state index >= 15 is 0 Å². The van der Waals surface area contributed by atoms with Crippen LogP contribution < -0.4 is 0 Å². The first-order valence-electron chi connectivity index (χ1n) is 8.62. The van der Waals surface area contributed by atoms with Gasteiger partial charge in [-0.1, -0.05) is 53.7 Å². The molecule has 0 heterocycles. The van der Waals surface area contributed by atoms with Crippen LogP contribution in [0.1, 0.15) is 72.1 Å². The van der Waals surface area contributed by atoms with E-state index in [1.54, 1.807) is 12.1 Å². The maximum Gasteiger partial charge on any atom is 0.329 e. The second-order valence-electron chi connectivity index (χ2n) is 8.14. The minimum absolute atomic E-state index is 0.222. The topological polar surface area (TPSA) is 87.0 Å². The van der Waals surface area contributed by atoms with Crippen molar-refractivity contribution in [3.05, 3.63) is 28.8 Å². The molecule has 5 nitrogen and oxygen atoms in total. The largest absolute Gasteiger partial charge is 0.507 e. The Morgan fingerprint density at radius 2 is 1.28 bits per heavy atom. The molecule has 0 fully saturated rings. The third kappa shape index (κ3) is 8.87. The molecule has 6 heteroatoms. The third-order valence-corrected chi connectivity index (χ3v) is 4.36. The lowest BCUT2D eigenvalue weighted by molar-refractivity contribution is 0.162. The summed E-state index contributed by atoms with van der Waals surface area (Å²) in [6.07, 6.45) is -0.306. The second-order valence-corrected chi connectivity index (χ2v) is 9.79. The predicted molar refractivity (Wildman–Crippen MR) is 103 cm³/mol. The van der Waals surface area contributed by atoms with Gasteiger partial charge in [0.1, 0.15) is 5.75 Å². The average Bonchev–Trinajstić information content (AvgIpc) is 2.38. The molecule has 1 aromatic rings. The van der Waals surface area contributed by atoms with Crippen molar-refractivity contribution in [2.45, 2.75) is 72.4 Å². The highest BCUT2D eigenvalue weighted by Gasteiger charge is 2.27. The van der Waals surface area contributed by atoms with E-state index in [2.05, 4.69) is 0 Å². The summed E-state index contributed by atoms with van der Waals surface area (Å²) in [6, 6.07) is 3.40. The van der Waals surface area contributed by atoms with Crippen LogP contribution in [0.3, 0.4) is 0 Å². The van der Waals surface area contributed by atoms with E-state index in [9.17, 15) is 19.5 Å². The minimum Gasteiger partial charge on any atom is -0.507 e. The van der Waals surface area contributed by atoms with Crippen LogP contribution in [0, 0.1) is 0 Å². The second kappa shape index (κ2) is 9.18. The van der Waals surface area contributed by atoms with Gasteiger partial charge in [0.15, 0.2) is 0 Å². The van der Waals surface area contributed by atoms with E-state index in [0.29, 0.717) is 16.7 Å². The molecule has 0 atom stereocenters. The van der Waals surface area contributed by atoms with Crippen molar-refractivity contribution in [2.75, 3.05) is 13.2 Å². The van der Waals surface area contributed by atoms with Crippen LogP contribution in [0.25, 0.3) is 0 Å². The zero-order valence-corrected chi connectivity index (χ0v) is 17.8. The maximum absolute atomic E-state index is 11.2. The molecule has 0 aliphatic rings. The normalized spacial score (nSPS) is 12.6. The van der Waals surface area contributed by atoms with Crippen molar-refractivity contribution in [1.29, 1.82) is 0 Å². The molecule has 146 valence electrons. The van der Waals surface area contributed by atoms with Crippen LogP contribution in [0.4, 0.5) is 0 Å². The van der Waals surface area contributed by atoms with Gasteiger partial charge in [0.2, 0.25) is 0 Å². The van der Waals surface area contributed by atoms with Crippen molar-refractivity contribution in [2.24, 2.45) is 0 Å². The molecule has 3 N–H and O–H groups in total. The standard InChI is InChI=1S/C15H25O4P.C4H10O/c1-14(2,3)11-7-10(9-20(17,18)19)8-12(13(11)16)15(4,5)6;1-3-5-4-2/h7-8,16H,9H2,1-6H3,(H2,17,18,19);3-4H2,1-2H3. The van der Waals surface area contributed by atoms with Crippen LogP contribution in [0.2, 0.25) is 0 Å². The number of rotatable bonds is 4. The fourth-order valence-corrected chi connectivity index (χ4v) is 3.03. The monoisotopic (exact) mass is 374 g/mol. The number of benzene rings is 1. The minimum atomic E-state index is -4.13. The fraction of sp³-hybridized carbons (Fsp3) is 0.684. The Morgan fingerprint density at radius 3 is 1.48 bits per heavy atom. The highest BCUT2D eigenvalue weighted by atomic mass is 31.2. The van der Waals surface area contributed by atoms with Gasteiger partial charge in [-0.3, -0.25) is 4.57 Å². The van der Waals surface area contributed by atoms with Crippen LogP contribution in [-0.2, 0) is 26.3 Å². The summed E-state index contributed by atoms with van der Waals surface area (Å²) in [4.78, 5) is 18.4. The molecule has 0 amide bonds. The number of hydrogen-bond donors (Lipinski definition) is 3. The number of hydrogen-bond acceptors (Lipinski definition) is 3. The van der Waals surface area contributed by atoms with E-state index in [-0.39, 0.29) is 22.7 Å². The number of aromatic hydroxyl groups is 1. The van der Waals surface area contributed by atoms with E-state index in [0.717, 1.165) is 13.2 Å². The van der Waals surface area contributed by atoms with Crippen LogP contribution >= 0.6 is 7.60 Å². The molecular weight excluding hydrogens is 339 g/mol. The van der Waals surface area contributed by atoms with Crippen LogP contribution in [0.15, 0.2) is 12.1 Å². The Bertz CT molecular complexity index is 554. The molecule has 0 bridgehead atoms. The zero-order chi connectivity index (χ0) is 20.1. The number of phenolic OH excluding ortho intramolecular Hbond substituents is 1. The Balaban J connectivity index is 0.00000101. The van der Waals surface area contributed by atoms with Gasteiger partial charge in [0.25, 0.3) is 0 Å². The smallest absolute Gasteiger partial charge is 0.329 e. The zero-order valence-electron chi connectivity index (χ0n) is 16.9. The summed E-state index contributed by atoms with van der Waals surface area (Å²) in [6.45, 7) is 17.5. The fourth-order valence-electron chi connectivity index (χ4n) is 2.37. The Morgan fingerprint density at radius 1 is 0.920 bits per heavy atom. The van der Waals surface area contributed by atoms with Crippen LogP contribution in [-0.4, -0.2) is 28.1 Å². The Hall–Kier alpha value is -0.870. The first kappa shape index (κ1) is 24.1. The Kier molecular flexibility index (Phi) is 8.86. The van der Waals surface area contributed by atoms with Gasteiger partial charge in [-0.25, -0.2) is 0 Å². The molecule has 0 radical (unpaired) electrons. The summed E-state index contributed by atoms with van der Waals surface area (Å²) >= 11 is 0. The first-order chi connectivity index (χ1) is 11.1. The molecule has 1 rings (SSSR count). The molecule has 0 aliphatic carbocycles. The third-order valence-electron chi connectivity index (χ3n) is 3.58. The molecule has 0 saturated carbocycles. The number of ether oxygens (including phenoxy) is 1. The van der Waals surface area contributed by atoms with Crippen molar-refractivity contribution >= 4 is 7.60 Å². The van der Waals surface area contributed by atoms with Crippen molar-refractivity contribution < 1.29 is 24.2 Å². The summed E-state index contributed by atoms with van der Waals surface area (Å²) in [5.41, 5.74) is 1.40. The number of phenols is 1. The molecule has 0 spiro atoms. The average molecular weight is 374 g/mol. The lowest BCUT2D eigenvalue weighted by Crippen LogP contribution is -2.18. The molecule has 0 unspecified atom stereocenters. The van der Waals surface area contributed by atoms with E-state index < -0.39 is 7.60 Å². The molecule has 0 aliphatic heterocycles. The van der Waals surface area contributed by atoms with Gasteiger partial charge < -0.3 is 19.6 Å².